The molecule has 2 nitrogen and oxygen atoms in total. The van der Waals surface area contributed by atoms with Crippen LogP contribution in [0.5, 0.6) is 5.75 Å². The molecule has 0 saturated carbocycles. The van der Waals surface area contributed by atoms with Gasteiger partial charge in [0.15, 0.2) is 0 Å². The van der Waals surface area contributed by atoms with Crippen LogP contribution in [0.4, 0.5) is 0 Å². The highest BCUT2D eigenvalue weighted by atomic mass is 35.5. The average Bonchev–Trinajstić information content (AvgIpc) is 2.16. The van der Waals surface area contributed by atoms with Crippen LogP contribution >= 0.6 is 11.6 Å². The smallest absolute Gasteiger partial charge is 0.126 e. The molecule has 0 aliphatic heterocycles. The van der Waals surface area contributed by atoms with Gasteiger partial charge in [-0.15, -0.1) is 11.6 Å². The third-order valence-electron chi connectivity index (χ3n) is 1.95. The van der Waals surface area contributed by atoms with Crippen LogP contribution in [-0.2, 0) is 5.88 Å². The van der Waals surface area contributed by atoms with Crippen LogP contribution < -0.4 is 4.74 Å². The molecular weight excluding hydrogens is 186 g/mol. The van der Waals surface area contributed by atoms with Crippen LogP contribution in [-0.4, -0.2) is 12.1 Å². The van der Waals surface area contributed by atoms with E-state index in [9.17, 15) is 0 Å². The van der Waals surface area contributed by atoms with Crippen molar-refractivity contribution >= 4 is 11.6 Å². The Labute approximate surface area is 83.9 Å². The third-order valence-corrected chi connectivity index (χ3v) is 2.21. The first-order valence-electron chi connectivity index (χ1n) is 4.28. The van der Waals surface area contributed by atoms with Gasteiger partial charge in [-0.1, -0.05) is 13.8 Å². The lowest BCUT2D eigenvalue weighted by molar-refractivity contribution is 0.409. The summed E-state index contributed by atoms with van der Waals surface area (Å²) >= 11 is 5.84. The Balaban J connectivity index is 3.19. The van der Waals surface area contributed by atoms with Crippen LogP contribution in [0.1, 0.15) is 31.0 Å². The maximum Gasteiger partial charge on any atom is 0.126 e. The van der Waals surface area contributed by atoms with Gasteiger partial charge in [-0.2, -0.15) is 0 Å². The Morgan fingerprint density at radius 1 is 1.54 bits per heavy atom. The summed E-state index contributed by atoms with van der Waals surface area (Å²) in [4.78, 5) is 4.29. The van der Waals surface area contributed by atoms with E-state index in [2.05, 4.69) is 18.8 Å². The summed E-state index contributed by atoms with van der Waals surface area (Å²) in [6.07, 6.45) is 1.75. The molecule has 0 unspecified atom stereocenters. The molecule has 1 rings (SSSR count). The number of methoxy groups -OCH3 is 1. The fourth-order valence-corrected chi connectivity index (χ4v) is 1.58. The van der Waals surface area contributed by atoms with E-state index in [1.54, 1.807) is 13.3 Å². The molecule has 0 aromatic carbocycles. The standard InChI is InChI=1S/C10H14ClNO/c1-7(2)10-8(6-11)9(13-3)4-5-12-10/h4-5,7H,6H2,1-3H3. The molecule has 13 heavy (non-hydrogen) atoms. The molecule has 0 fully saturated rings. The summed E-state index contributed by atoms with van der Waals surface area (Å²) in [7, 11) is 1.65. The van der Waals surface area contributed by atoms with E-state index < -0.39 is 0 Å². The molecule has 1 aromatic heterocycles. The van der Waals surface area contributed by atoms with E-state index in [0.29, 0.717) is 11.8 Å². The van der Waals surface area contributed by atoms with Crippen molar-refractivity contribution in [2.75, 3.05) is 7.11 Å². The van der Waals surface area contributed by atoms with Crippen molar-refractivity contribution in [1.29, 1.82) is 0 Å². The van der Waals surface area contributed by atoms with E-state index in [-0.39, 0.29) is 0 Å². The Morgan fingerprint density at radius 3 is 2.69 bits per heavy atom. The fourth-order valence-electron chi connectivity index (χ4n) is 1.31. The lowest BCUT2D eigenvalue weighted by Gasteiger charge is -2.12. The molecule has 1 aromatic rings. The van der Waals surface area contributed by atoms with E-state index in [1.807, 2.05) is 6.07 Å². The molecule has 0 bridgehead atoms. The number of aromatic nitrogens is 1. The second-order valence-corrected chi connectivity index (χ2v) is 3.43. The topological polar surface area (TPSA) is 22.1 Å². The summed E-state index contributed by atoms with van der Waals surface area (Å²) in [6, 6.07) is 1.84. The zero-order chi connectivity index (χ0) is 9.84. The van der Waals surface area contributed by atoms with Crippen LogP contribution in [0.2, 0.25) is 0 Å². The number of nitrogens with zero attached hydrogens (tertiary/aromatic N) is 1. The predicted molar refractivity (Wildman–Crippen MR) is 54.4 cm³/mol. The van der Waals surface area contributed by atoms with E-state index in [4.69, 9.17) is 16.3 Å². The van der Waals surface area contributed by atoms with Gasteiger partial charge in [-0.05, 0) is 12.0 Å². The first-order valence-corrected chi connectivity index (χ1v) is 4.81. The summed E-state index contributed by atoms with van der Waals surface area (Å²) in [5.74, 6) is 1.65. The Hall–Kier alpha value is -0.760. The lowest BCUT2D eigenvalue weighted by Crippen LogP contribution is -2.00. The lowest BCUT2D eigenvalue weighted by atomic mass is 10.0. The molecule has 0 N–H and O–H groups in total. The van der Waals surface area contributed by atoms with Crippen molar-refractivity contribution in [2.45, 2.75) is 25.6 Å². The molecule has 3 heteroatoms. The van der Waals surface area contributed by atoms with Gasteiger partial charge < -0.3 is 4.74 Å². The van der Waals surface area contributed by atoms with Gasteiger partial charge in [0.2, 0.25) is 0 Å². The van der Waals surface area contributed by atoms with Crippen LogP contribution in [0.15, 0.2) is 12.3 Å². The van der Waals surface area contributed by atoms with Crippen molar-refractivity contribution in [2.24, 2.45) is 0 Å². The number of ether oxygens (including phenoxy) is 1. The highest BCUT2D eigenvalue weighted by Crippen LogP contribution is 2.26. The van der Waals surface area contributed by atoms with Gasteiger partial charge in [0, 0.05) is 11.8 Å². The molecule has 1 heterocycles. The van der Waals surface area contributed by atoms with Crippen molar-refractivity contribution in [3.8, 4) is 5.75 Å². The molecule has 0 amide bonds. The monoisotopic (exact) mass is 199 g/mol. The number of hydrogen-bond donors (Lipinski definition) is 0. The maximum absolute atomic E-state index is 5.84. The van der Waals surface area contributed by atoms with Gasteiger partial charge in [0.1, 0.15) is 5.75 Å². The molecule has 0 spiro atoms. The zero-order valence-corrected chi connectivity index (χ0v) is 8.93. The molecule has 0 saturated heterocycles. The minimum Gasteiger partial charge on any atom is -0.496 e. The SMILES string of the molecule is COc1ccnc(C(C)C)c1CCl. The molecule has 72 valence electrons. The fraction of sp³-hybridized carbons (Fsp3) is 0.500. The van der Waals surface area contributed by atoms with Crippen LogP contribution in [0.3, 0.4) is 0 Å². The largest absolute Gasteiger partial charge is 0.496 e. The van der Waals surface area contributed by atoms with Gasteiger partial charge in [-0.25, -0.2) is 0 Å². The summed E-state index contributed by atoms with van der Waals surface area (Å²) in [5, 5.41) is 0. The number of hydrogen-bond acceptors (Lipinski definition) is 2. The van der Waals surface area contributed by atoms with Crippen molar-refractivity contribution in [1.82, 2.24) is 4.98 Å². The molecule has 0 atom stereocenters. The first kappa shape index (κ1) is 10.3. The van der Waals surface area contributed by atoms with E-state index >= 15 is 0 Å². The highest BCUT2D eigenvalue weighted by molar-refractivity contribution is 6.17. The highest BCUT2D eigenvalue weighted by Gasteiger charge is 2.11. The van der Waals surface area contributed by atoms with Gasteiger partial charge >= 0.3 is 0 Å². The van der Waals surface area contributed by atoms with Crippen molar-refractivity contribution in [3.05, 3.63) is 23.5 Å². The minimum absolute atomic E-state index is 0.379. The van der Waals surface area contributed by atoms with E-state index in [1.165, 1.54) is 0 Å². The second kappa shape index (κ2) is 4.47. The number of pyridine rings is 1. The summed E-state index contributed by atoms with van der Waals surface area (Å²) in [6.45, 7) is 4.19. The Kier molecular flexibility index (Phi) is 3.55. The molecule has 0 radical (unpaired) electrons. The first-order chi connectivity index (χ1) is 6.20. The summed E-state index contributed by atoms with van der Waals surface area (Å²) in [5.41, 5.74) is 2.02. The molecular formula is C10H14ClNO. The quantitative estimate of drug-likeness (QED) is 0.699. The molecule has 0 aliphatic rings. The van der Waals surface area contributed by atoms with Crippen molar-refractivity contribution in [3.63, 3.8) is 0 Å². The minimum atomic E-state index is 0.379. The number of alkyl halides is 1. The number of rotatable bonds is 3. The van der Waals surface area contributed by atoms with Crippen LogP contribution in [0, 0.1) is 0 Å². The maximum atomic E-state index is 5.84. The Bertz CT molecular complexity index is 286. The van der Waals surface area contributed by atoms with Gasteiger partial charge in [-0.3, -0.25) is 4.98 Å². The zero-order valence-electron chi connectivity index (χ0n) is 8.17. The predicted octanol–water partition coefficient (Wildman–Crippen LogP) is 2.95. The average molecular weight is 200 g/mol. The molecule has 0 aliphatic carbocycles. The third kappa shape index (κ3) is 2.13. The normalized spacial score (nSPS) is 10.5. The van der Waals surface area contributed by atoms with E-state index in [0.717, 1.165) is 17.0 Å². The second-order valence-electron chi connectivity index (χ2n) is 3.17. The van der Waals surface area contributed by atoms with Gasteiger partial charge in [0.25, 0.3) is 0 Å². The van der Waals surface area contributed by atoms with Crippen molar-refractivity contribution < 1.29 is 4.74 Å². The van der Waals surface area contributed by atoms with Gasteiger partial charge in [0.05, 0.1) is 18.7 Å². The number of halogens is 1. The summed E-state index contributed by atoms with van der Waals surface area (Å²) < 4.78 is 5.20. The Morgan fingerprint density at radius 2 is 2.23 bits per heavy atom. The van der Waals surface area contributed by atoms with Crippen LogP contribution in [0.25, 0.3) is 0 Å².